The Morgan fingerprint density at radius 3 is 3.06 bits per heavy atom. The van der Waals surface area contributed by atoms with E-state index in [0.29, 0.717) is 5.56 Å². The molecule has 6 nitrogen and oxygen atoms in total. The van der Waals surface area contributed by atoms with E-state index >= 15 is 0 Å². The Labute approximate surface area is 103 Å². The minimum absolute atomic E-state index is 0.184. The first-order chi connectivity index (χ1) is 8.74. The van der Waals surface area contributed by atoms with Gasteiger partial charge in [-0.05, 0) is 12.1 Å². The maximum Gasteiger partial charge on any atom is 0.258 e. The molecule has 18 heavy (non-hydrogen) atoms. The third-order valence-corrected chi connectivity index (χ3v) is 2.70. The number of carbonyl (C=O) groups is 1. The Kier molecular flexibility index (Phi) is 2.33. The van der Waals surface area contributed by atoms with E-state index in [1.807, 2.05) is 18.2 Å². The number of nitrogens with zero attached hydrogens (tertiary/aromatic N) is 3. The zero-order valence-corrected chi connectivity index (χ0v) is 9.71. The number of aryl methyl sites for hydroxylation is 1. The van der Waals surface area contributed by atoms with E-state index in [4.69, 9.17) is 0 Å². The van der Waals surface area contributed by atoms with Crippen LogP contribution in [0.1, 0.15) is 10.4 Å². The molecule has 2 aromatic heterocycles. The van der Waals surface area contributed by atoms with Crippen molar-refractivity contribution in [3.63, 3.8) is 0 Å². The van der Waals surface area contributed by atoms with Crippen molar-refractivity contribution in [2.75, 3.05) is 5.32 Å². The second-order valence-electron chi connectivity index (χ2n) is 3.99. The van der Waals surface area contributed by atoms with E-state index in [9.17, 15) is 4.79 Å². The summed E-state index contributed by atoms with van der Waals surface area (Å²) in [6, 6.07) is 5.60. The Morgan fingerprint density at radius 2 is 2.28 bits per heavy atom. The molecule has 2 heterocycles. The summed E-state index contributed by atoms with van der Waals surface area (Å²) >= 11 is 0. The fourth-order valence-electron chi connectivity index (χ4n) is 1.81. The van der Waals surface area contributed by atoms with Crippen LogP contribution in [0.2, 0.25) is 0 Å². The smallest absolute Gasteiger partial charge is 0.258 e. The lowest BCUT2D eigenvalue weighted by atomic mass is 10.2. The molecule has 0 aliphatic heterocycles. The van der Waals surface area contributed by atoms with E-state index < -0.39 is 0 Å². The zero-order valence-electron chi connectivity index (χ0n) is 9.71. The summed E-state index contributed by atoms with van der Waals surface area (Å²) in [6.07, 6.45) is 4.89. The molecular formula is C12H11N5O. The minimum Gasteiger partial charge on any atom is -0.321 e. The standard InChI is InChI=1S/C12H11N5O/c1-17-7-8(5-14-17)12(18)15-10-3-2-4-11-9(10)6-13-16-11/h2-7H,1H3,(H,13,16)(H,15,18). The highest BCUT2D eigenvalue weighted by Gasteiger charge is 2.10. The summed E-state index contributed by atoms with van der Waals surface area (Å²) in [5.74, 6) is -0.184. The summed E-state index contributed by atoms with van der Waals surface area (Å²) in [5.41, 5.74) is 2.15. The van der Waals surface area contributed by atoms with Crippen molar-refractivity contribution in [3.8, 4) is 0 Å². The molecule has 0 saturated heterocycles. The summed E-state index contributed by atoms with van der Waals surface area (Å²) in [5, 5.41) is 14.5. The highest BCUT2D eigenvalue weighted by atomic mass is 16.1. The van der Waals surface area contributed by atoms with Crippen molar-refractivity contribution in [3.05, 3.63) is 42.4 Å². The van der Waals surface area contributed by atoms with Gasteiger partial charge >= 0.3 is 0 Å². The number of carbonyl (C=O) groups excluding carboxylic acids is 1. The number of hydrogen-bond donors (Lipinski definition) is 2. The summed E-state index contributed by atoms with van der Waals surface area (Å²) in [7, 11) is 1.77. The molecule has 2 N–H and O–H groups in total. The van der Waals surface area contributed by atoms with Gasteiger partial charge in [0.05, 0.1) is 29.2 Å². The van der Waals surface area contributed by atoms with Crippen LogP contribution in [0, 0.1) is 0 Å². The predicted molar refractivity (Wildman–Crippen MR) is 67.3 cm³/mol. The molecule has 0 bridgehead atoms. The van der Waals surface area contributed by atoms with E-state index in [0.717, 1.165) is 16.6 Å². The van der Waals surface area contributed by atoms with Crippen molar-refractivity contribution in [2.24, 2.45) is 7.05 Å². The quantitative estimate of drug-likeness (QED) is 0.714. The summed E-state index contributed by atoms with van der Waals surface area (Å²) in [6.45, 7) is 0. The number of amides is 1. The van der Waals surface area contributed by atoms with Crippen molar-refractivity contribution >= 4 is 22.5 Å². The van der Waals surface area contributed by atoms with Crippen LogP contribution >= 0.6 is 0 Å². The molecule has 0 saturated carbocycles. The van der Waals surface area contributed by atoms with Crippen molar-refractivity contribution < 1.29 is 4.79 Å². The Bertz CT molecular complexity index is 712. The number of hydrogen-bond acceptors (Lipinski definition) is 3. The van der Waals surface area contributed by atoms with Crippen LogP contribution in [-0.2, 0) is 7.05 Å². The van der Waals surface area contributed by atoms with Crippen LogP contribution in [0.4, 0.5) is 5.69 Å². The molecule has 3 aromatic rings. The highest BCUT2D eigenvalue weighted by molar-refractivity contribution is 6.08. The van der Waals surface area contributed by atoms with Gasteiger partial charge in [0.2, 0.25) is 0 Å². The van der Waals surface area contributed by atoms with Gasteiger partial charge in [0.15, 0.2) is 0 Å². The molecule has 0 radical (unpaired) electrons. The van der Waals surface area contributed by atoms with Gasteiger partial charge < -0.3 is 5.32 Å². The number of aromatic nitrogens is 4. The molecule has 6 heteroatoms. The van der Waals surface area contributed by atoms with Crippen molar-refractivity contribution in [2.45, 2.75) is 0 Å². The maximum absolute atomic E-state index is 12.0. The molecule has 0 fully saturated rings. The molecule has 1 amide bonds. The van der Waals surface area contributed by atoms with Gasteiger partial charge in [-0.25, -0.2) is 0 Å². The number of benzene rings is 1. The van der Waals surface area contributed by atoms with E-state index in [-0.39, 0.29) is 5.91 Å². The SMILES string of the molecule is Cn1cc(C(=O)Nc2cccc3[nH]ncc23)cn1. The van der Waals surface area contributed by atoms with Gasteiger partial charge in [0.25, 0.3) is 5.91 Å². The van der Waals surface area contributed by atoms with Gasteiger partial charge in [-0.2, -0.15) is 10.2 Å². The van der Waals surface area contributed by atoms with E-state index in [1.54, 1.807) is 24.1 Å². The fraction of sp³-hybridized carbons (Fsp3) is 0.0833. The first-order valence-electron chi connectivity index (χ1n) is 5.46. The lowest BCUT2D eigenvalue weighted by Gasteiger charge is -2.04. The maximum atomic E-state index is 12.0. The molecule has 3 rings (SSSR count). The van der Waals surface area contributed by atoms with Gasteiger partial charge in [0.1, 0.15) is 0 Å². The second kappa shape index (κ2) is 3.99. The molecular weight excluding hydrogens is 230 g/mol. The number of H-pyrrole nitrogens is 1. The topological polar surface area (TPSA) is 75.6 Å². The fourth-order valence-corrected chi connectivity index (χ4v) is 1.81. The first-order valence-corrected chi connectivity index (χ1v) is 5.46. The number of fused-ring (bicyclic) bond motifs is 1. The van der Waals surface area contributed by atoms with Gasteiger partial charge in [-0.3, -0.25) is 14.6 Å². The van der Waals surface area contributed by atoms with Crippen LogP contribution < -0.4 is 5.32 Å². The Morgan fingerprint density at radius 1 is 1.39 bits per heavy atom. The molecule has 0 spiro atoms. The number of anilines is 1. The van der Waals surface area contributed by atoms with Gasteiger partial charge in [0, 0.05) is 18.6 Å². The van der Waals surface area contributed by atoms with Crippen LogP contribution in [0.25, 0.3) is 10.9 Å². The molecule has 0 aliphatic carbocycles. The van der Waals surface area contributed by atoms with Crippen LogP contribution in [0.5, 0.6) is 0 Å². The highest BCUT2D eigenvalue weighted by Crippen LogP contribution is 2.21. The zero-order chi connectivity index (χ0) is 12.5. The minimum atomic E-state index is -0.184. The summed E-state index contributed by atoms with van der Waals surface area (Å²) in [4.78, 5) is 12.0. The van der Waals surface area contributed by atoms with Gasteiger partial charge in [-0.1, -0.05) is 6.07 Å². The lowest BCUT2D eigenvalue weighted by molar-refractivity contribution is 0.102. The normalized spacial score (nSPS) is 10.7. The average Bonchev–Trinajstić information content (AvgIpc) is 2.97. The number of nitrogens with one attached hydrogen (secondary N) is 2. The van der Waals surface area contributed by atoms with E-state index in [2.05, 4.69) is 20.6 Å². The third-order valence-electron chi connectivity index (χ3n) is 2.70. The van der Waals surface area contributed by atoms with Gasteiger partial charge in [-0.15, -0.1) is 0 Å². The average molecular weight is 241 g/mol. The van der Waals surface area contributed by atoms with Crippen LogP contribution in [0.15, 0.2) is 36.8 Å². The second-order valence-corrected chi connectivity index (χ2v) is 3.99. The van der Waals surface area contributed by atoms with Crippen molar-refractivity contribution in [1.29, 1.82) is 0 Å². The molecule has 0 aliphatic rings. The van der Waals surface area contributed by atoms with Crippen LogP contribution in [0.3, 0.4) is 0 Å². The molecule has 1 aromatic carbocycles. The number of rotatable bonds is 2. The van der Waals surface area contributed by atoms with Crippen LogP contribution in [-0.4, -0.2) is 25.9 Å². The predicted octanol–water partition coefficient (Wildman–Crippen LogP) is 1.55. The molecule has 0 atom stereocenters. The monoisotopic (exact) mass is 241 g/mol. The first kappa shape index (κ1) is 10.5. The van der Waals surface area contributed by atoms with Crippen molar-refractivity contribution in [1.82, 2.24) is 20.0 Å². The Balaban J connectivity index is 1.92. The lowest BCUT2D eigenvalue weighted by Crippen LogP contribution is -2.11. The number of aromatic amines is 1. The van der Waals surface area contributed by atoms with E-state index in [1.165, 1.54) is 6.20 Å². The molecule has 90 valence electrons. The Hall–Kier alpha value is -2.63. The molecule has 0 unspecified atom stereocenters. The third kappa shape index (κ3) is 1.73. The largest absolute Gasteiger partial charge is 0.321 e. The summed E-state index contributed by atoms with van der Waals surface area (Å²) < 4.78 is 1.59.